The van der Waals surface area contributed by atoms with E-state index in [1.54, 1.807) is 0 Å². The molecule has 0 aliphatic carbocycles. The number of hydrogen-bond acceptors (Lipinski definition) is 1. The van der Waals surface area contributed by atoms with Gasteiger partial charge in [0.05, 0.1) is 0 Å². The largest absolute Gasteiger partial charge is 0.298 e. The molecule has 0 fully saturated rings. The van der Waals surface area contributed by atoms with Crippen LogP contribution in [0.2, 0.25) is 0 Å². The molecule has 0 aromatic heterocycles. The van der Waals surface area contributed by atoms with E-state index in [4.69, 9.17) is 0 Å². The molecule has 0 aromatic rings. The Morgan fingerprint density at radius 2 is 1.93 bits per heavy atom. The van der Waals surface area contributed by atoms with Crippen molar-refractivity contribution in [3.8, 4) is 0 Å². The summed E-state index contributed by atoms with van der Waals surface area (Å²) in [5.74, 6) is 0.566. The van der Waals surface area contributed by atoms with Gasteiger partial charge in [-0.25, -0.2) is 0 Å². The first-order chi connectivity index (χ1) is 7.06. The molecule has 0 saturated carbocycles. The zero-order valence-electron chi connectivity index (χ0n) is 10.3. The lowest BCUT2D eigenvalue weighted by atomic mass is 10.0. The van der Waals surface area contributed by atoms with Gasteiger partial charge in [-0.05, 0) is 45.1 Å². The SMILES string of the molecule is CC(C)=CCCC(C)C=CC=C(C)C=O. The molecule has 0 bridgehead atoms. The van der Waals surface area contributed by atoms with Crippen molar-refractivity contribution >= 4 is 6.29 Å². The summed E-state index contributed by atoms with van der Waals surface area (Å²) in [4.78, 5) is 10.3. The minimum absolute atomic E-state index is 0.566. The summed E-state index contributed by atoms with van der Waals surface area (Å²) >= 11 is 0. The molecule has 0 spiro atoms. The monoisotopic (exact) mass is 206 g/mol. The summed E-state index contributed by atoms with van der Waals surface area (Å²) in [6.07, 6.45) is 11.4. The number of allylic oxidation sites excluding steroid dienone is 6. The van der Waals surface area contributed by atoms with E-state index in [9.17, 15) is 4.79 Å². The van der Waals surface area contributed by atoms with Crippen molar-refractivity contribution < 1.29 is 4.79 Å². The predicted molar refractivity (Wildman–Crippen MR) is 66.8 cm³/mol. The third kappa shape index (κ3) is 9.20. The van der Waals surface area contributed by atoms with Crippen LogP contribution in [0.15, 0.2) is 35.5 Å². The van der Waals surface area contributed by atoms with Crippen LogP contribution in [0.3, 0.4) is 0 Å². The molecule has 0 aliphatic rings. The molecule has 1 heteroatoms. The van der Waals surface area contributed by atoms with Crippen LogP contribution in [0.25, 0.3) is 0 Å². The first kappa shape index (κ1) is 13.9. The van der Waals surface area contributed by atoms with Crippen LogP contribution in [-0.2, 0) is 4.79 Å². The molecule has 0 aliphatic heterocycles. The van der Waals surface area contributed by atoms with Gasteiger partial charge in [-0.3, -0.25) is 4.79 Å². The molecule has 0 N–H and O–H groups in total. The number of rotatable bonds is 6. The Hall–Kier alpha value is -1.11. The highest BCUT2D eigenvalue weighted by Gasteiger charge is 1.94. The lowest BCUT2D eigenvalue weighted by molar-refractivity contribution is -0.104. The van der Waals surface area contributed by atoms with E-state index in [0.717, 1.165) is 24.7 Å². The minimum atomic E-state index is 0.566. The summed E-state index contributed by atoms with van der Waals surface area (Å²) in [6.45, 7) is 8.25. The summed E-state index contributed by atoms with van der Waals surface area (Å²) < 4.78 is 0. The molecular weight excluding hydrogens is 184 g/mol. The quantitative estimate of drug-likeness (QED) is 0.277. The lowest BCUT2D eigenvalue weighted by Gasteiger charge is -2.02. The Labute approximate surface area is 93.6 Å². The Morgan fingerprint density at radius 3 is 2.47 bits per heavy atom. The smallest absolute Gasteiger partial charge is 0.145 e. The summed E-state index contributed by atoms with van der Waals surface area (Å²) in [5.41, 5.74) is 2.14. The molecule has 1 atom stereocenters. The van der Waals surface area contributed by atoms with Gasteiger partial charge >= 0.3 is 0 Å². The van der Waals surface area contributed by atoms with Crippen LogP contribution in [0.5, 0.6) is 0 Å². The van der Waals surface area contributed by atoms with Crippen LogP contribution in [0, 0.1) is 5.92 Å². The van der Waals surface area contributed by atoms with E-state index in [-0.39, 0.29) is 0 Å². The Bertz CT molecular complexity index is 265. The molecule has 0 aromatic carbocycles. The highest BCUT2D eigenvalue weighted by Crippen LogP contribution is 2.09. The maximum atomic E-state index is 10.3. The van der Waals surface area contributed by atoms with Crippen LogP contribution >= 0.6 is 0 Å². The average Bonchev–Trinajstić information content (AvgIpc) is 2.17. The molecule has 1 nitrogen and oxygen atoms in total. The summed E-state index contributed by atoms with van der Waals surface area (Å²) in [5, 5.41) is 0. The molecule has 84 valence electrons. The van der Waals surface area contributed by atoms with Gasteiger partial charge in [-0.15, -0.1) is 0 Å². The van der Waals surface area contributed by atoms with Gasteiger partial charge in [0.15, 0.2) is 0 Å². The predicted octanol–water partition coefficient (Wildman–Crippen LogP) is 4.07. The van der Waals surface area contributed by atoms with Crippen molar-refractivity contribution in [2.24, 2.45) is 5.92 Å². The highest BCUT2D eigenvalue weighted by atomic mass is 16.1. The Kier molecular flexibility index (Phi) is 7.61. The van der Waals surface area contributed by atoms with Gasteiger partial charge in [-0.1, -0.05) is 36.8 Å². The van der Waals surface area contributed by atoms with E-state index in [1.165, 1.54) is 5.57 Å². The molecule has 0 heterocycles. The zero-order valence-corrected chi connectivity index (χ0v) is 10.3. The van der Waals surface area contributed by atoms with Crippen LogP contribution in [0.4, 0.5) is 0 Å². The molecular formula is C14H22O. The standard InChI is InChI=1S/C14H22O/c1-12(2)7-5-8-13(3)9-6-10-14(4)11-15/h6-7,9-11,13H,5,8H2,1-4H3. The number of carbonyl (C=O) groups is 1. The van der Waals surface area contributed by atoms with Crippen molar-refractivity contribution in [1.29, 1.82) is 0 Å². The van der Waals surface area contributed by atoms with E-state index in [2.05, 4.69) is 32.9 Å². The molecule has 0 saturated heterocycles. The van der Waals surface area contributed by atoms with Gasteiger partial charge < -0.3 is 0 Å². The van der Waals surface area contributed by atoms with Gasteiger partial charge in [0.2, 0.25) is 0 Å². The molecule has 1 unspecified atom stereocenters. The van der Waals surface area contributed by atoms with Crippen LogP contribution < -0.4 is 0 Å². The average molecular weight is 206 g/mol. The van der Waals surface area contributed by atoms with Gasteiger partial charge in [0.1, 0.15) is 6.29 Å². The molecule has 15 heavy (non-hydrogen) atoms. The summed E-state index contributed by atoms with van der Waals surface area (Å²) in [6, 6.07) is 0. The highest BCUT2D eigenvalue weighted by molar-refractivity contribution is 5.72. The van der Waals surface area contributed by atoms with Gasteiger partial charge in [-0.2, -0.15) is 0 Å². The molecule has 0 rings (SSSR count). The topological polar surface area (TPSA) is 17.1 Å². The van der Waals surface area contributed by atoms with Crippen molar-refractivity contribution in [3.63, 3.8) is 0 Å². The first-order valence-electron chi connectivity index (χ1n) is 5.50. The molecule has 0 amide bonds. The fraction of sp³-hybridized carbons (Fsp3) is 0.500. The maximum absolute atomic E-state index is 10.3. The molecule has 0 radical (unpaired) electrons. The third-order valence-electron chi connectivity index (χ3n) is 2.16. The van der Waals surface area contributed by atoms with Gasteiger partial charge in [0.25, 0.3) is 0 Å². The van der Waals surface area contributed by atoms with E-state index in [0.29, 0.717) is 5.92 Å². The Morgan fingerprint density at radius 1 is 1.27 bits per heavy atom. The second kappa shape index (κ2) is 8.22. The van der Waals surface area contributed by atoms with Crippen LogP contribution in [0.1, 0.15) is 40.5 Å². The fourth-order valence-electron chi connectivity index (χ4n) is 1.17. The van der Waals surface area contributed by atoms with Gasteiger partial charge in [0, 0.05) is 0 Å². The fourth-order valence-corrected chi connectivity index (χ4v) is 1.17. The number of carbonyl (C=O) groups excluding carboxylic acids is 1. The first-order valence-corrected chi connectivity index (χ1v) is 5.50. The van der Waals surface area contributed by atoms with E-state index >= 15 is 0 Å². The van der Waals surface area contributed by atoms with E-state index in [1.807, 2.05) is 19.1 Å². The third-order valence-corrected chi connectivity index (χ3v) is 2.16. The van der Waals surface area contributed by atoms with E-state index < -0.39 is 0 Å². The second-order valence-corrected chi connectivity index (χ2v) is 4.25. The van der Waals surface area contributed by atoms with Crippen molar-refractivity contribution in [2.45, 2.75) is 40.5 Å². The van der Waals surface area contributed by atoms with Crippen molar-refractivity contribution in [3.05, 3.63) is 35.5 Å². The van der Waals surface area contributed by atoms with Crippen molar-refractivity contribution in [2.75, 3.05) is 0 Å². The van der Waals surface area contributed by atoms with Crippen molar-refractivity contribution in [1.82, 2.24) is 0 Å². The van der Waals surface area contributed by atoms with Crippen LogP contribution in [-0.4, -0.2) is 6.29 Å². The number of hydrogen-bond donors (Lipinski definition) is 0. The Balaban J connectivity index is 3.88. The maximum Gasteiger partial charge on any atom is 0.145 e. The minimum Gasteiger partial charge on any atom is -0.298 e. The number of aldehydes is 1. The zero-order chi connectivity index (χ0) is 11.7. The normalized spacial score (nSPS) is 14.0. The lowest BCUT2D eigenvalue weighted by Crippen LogP contribution is -1.87. The second-order valence-electron chi connectivity index (χ2n) is 4.25. The summed E-state index contributed by atoms with van der Waals surface area (Å²) in [7, 11) is 0.